The van der Waals surface area contributed by atoms with Crippen LogP contribution < -0.4 is 16.4 Å². The Kier molecular flexibility index (Phi) is 8.92. The molecule has 0 atom stereocenters. The molecular formula is C21H25ClN4O2S. The van der Waals surface area contributed by atoms with Crippen LogP contribution in [0.25, 0.3) is 0 Å². The fourth-order valence-corrected chi connectivity index (χ4v) is 3.39. The fraction of sp³-hybridized carbons (Fsp3) is 0.238. The van der Waals surface area contributed by atoms with Gasteiger partial charge in [0.15, 0.2) is 5.13 Å². The highest BCUT2D eigenvalue weighted by atomic mass is 35.5. The highest BCUT2D eigenvalue weighted by Crippen LogP contribution is 2.16. The molecule has 0 bridgehead atoms. The van der Waals surface area contributed by atoms with Gasteiger partial charge in [-0.3, -0.25) is 4.79 Å². The monoisotopic (exact) mass is 432 g/mol. The Balaban J connectivity index is 0.00000300. The number of para-hydroxylation sites is 1. The van der Waals surface area contributed by atoms with Crippen LogP contribution in [0.3, 0.4) is 0 Å². The van der Waals surface area contributed by atoms with Crippen LogP contribution in [0.1, 0.15) is 16.8 Å². The lowest BCUT2D eigenvalue weighted by Gasteiger charge is -2.08. The molecule has 0 aliphatic rings. The van der Waals surface area contributed by atoms with Crippen molar-refractivity contribution in [1.29, 1.82) is 0 Å². The van der Waals surface area contributed by atoms with Crippen LogP contribution in [0.4, 0.5) is 10.8 Å². The lowest BCUT2D eigenvalue weighted by molar-refractivity contribution is -0.115. The first-order valence-electron chi connectivity index (χ1n) is 9.16. The normalized spacial score (nSPS) is 10.3. The van der Waals surface area contributed by atoms with Gasteiger partial charge < -0.3 is 21.5 Å². The summed E-state index contributed by atoms with van der Waals surface area (Å²) in [7, 11) is 0. The number of nitrogens with zero attached hydrogens (tertiary/aromatic N) is 1. The molecule has 1 amide bonds. The van der Waals surface area contributed by atoms with Gasteiger partial charge in [0, 0.05) is 11.1 Å². The zero-order valence-electron chi connectivity index (χ0n) is 15.9. The van der Waals surface area contributed by atoms with Crippen molar-refractivity contribution >= 4 is 40.5 Å². The van der Waals surface area contributed by atoms with E-state index < -0.39 is 0 Å². The smallest absolute Gasteiger partial charge is 0.230 e. The second-order valence-corrected chi connectivity index (χ2v) is 7.37. The van der Waals surface area contributed by atoms with Gasteiger partial charge in [-0.15, -0.1) is 23.7 Å². The second-order valence-electron chi connectivity index (χ2n) is 6.48. The summed E-state index contributed by atoms with van der Waals surface area (Å²) >= 11 is 1.33. The molecule has 3 rings (SSSR count). The van der Waals surface area contributed by atoms with Crippen molar-refractivity contribution in [3.8, 4) is 5.75 Å². The number of phenols is 1. The standard InChI is InChI=1S/C21H24N4O2S.ClH/c22-21-25-18(14-28-21)13-20(27)24-17-7-5-15(6-8-17)9-11-23-12-10-16-3-1-2-4-19(16)26;/h1-8,14,23,26H,9-13H2,(H2,22,25)(H,24,27);1H. The van der Waals surface area contributed by atoms with Gasteiger partial charge in [-0.2, -0.15) is 0 Å². The molecule has 0 aliphatic carbocycles. The largest absolute Gasteiger partial charge is 0.508 e. The number of halogens is 1. The fourth-order valence-electron chi connectivity index (χ4n) is 2.83. The summed E-state index contributed by atoms with van der Waals surface area (Å²) in [6.07, 6.45) is 1.91. The Bertz CT molecular complexity index is 915. The number of rotatable bonds is 9. The van der Waals surface area contributed by atoms with Gasteiger partial charge in [0.1, 0.15) is 5.75 Å². The third kappa shape index (κ3) is 7.38. The van der Waals surface area contributed by atoms with Crippen molar-refractivity contribution in [2.45, 2.75) is 19.3 Å². The first-order chi connectivity index (χ1) is 13.6. The highest BCUT2D eigenvalue weighted by Gasteiger charge is 2.07. The molecule has 154 valence electrons. The first-order valence-corrected chi connectivity index (χ1v) is 10.0. The third-order valence-electron chi connectivity index (χ3n) is 4.30. The maximum Gasteiger partial charge on any atom is 0.230 e. The van der Waals surface area contributed by atoms with Crippen LogP contribution in [-0.2, 0) is 24.1 Å². The Morgan fingerprint density at radius 3 is 2.48 bits per heavy atom. The molecule has 0 aliphatic heterocycles. The van der Waals surface area contributed by atoms with Gasteiger partial charge >= 0.3 is 0 Å². The number of aromatic hydroxyl groups is 1. The van der Waals surface area contributed by atoms with Gasteiger partial charge in [-0.25, -0.2) is 4.98 Å². The zero-order chi connectivity index (χ0) is 19.8. The summed E-state index contributed by atoms with van der Waals surface area (Å²) < 4.78 is 0. The molecule has 0 fully saturated rings. The number of carbonyl (C=O) groups is 1. The number of anilines is 2. The molecule has 1 aromatic heterocycles. The Morgan fingerprint density at radius 2 is 1.79 bits per heavy atom. The molecule has 3 aromatic rings. The van der Waals surface area contributed by atoms with Crippen molar-refractivity contribution in [3.05, 3.63) is 70.7 Å². The molecule has 0 radical (unpaired) electrons. The van der Waals surface area contributed by atoms with Crippen LogP contribution in [0.5, 0.6) is 5.75 Å². The number of carbonyl (C=O) groups excluding carboxylic acids is 1. The number of nitrogens with two attached hydrogens (primary N) is 1. The van der Waals surface area contributed by atoms with Crippen LogP contribution in [0.2, 0.25) is 0 Å². The van der Waals surface area contributed by atoms with Gasteiger partial charge in [0.25, 0.3) is 0 Å². The Labute approximate surface area is 180 Å². The summed E-state index contributed by atoms with van der Waals surface area (Å²) in [5, 5.41) is 18.3. The number of aromatic nitrogens is 1. The van der Waals surface area contributed by atoms with Crippen LogP contribution in [0, 0.1) is 0 Å². The van der Waals surface area contributed by atoms with E-state index in [1.54, 1.807) is 11.4 Å². The summed E-state index contributed by atoms with van der Waals surface area (Å²) in [6, 6.07) is 15.3. The number of amides is 1. The molecule has 6 nitrogen and oxygen atoms in total. The van der Waals surface area contributed by atoms with Crippen LogP contribution >= 0.6 is 23.7 Å². The van der Waals surface area contributed by atoms with Gasteiger partial charge in [-0.05, 0) is 55.3 Å². The maximum atomic E-state index is 12.0. The Morgan fingerprint density at radius 1 is 1.07 bits per heavy atom. The summed E-state index contributed by atoms with van der Waals surface area (Å²) in [4.78, 5) is 16.1. The average molecular weight is 433 g/mol. The van der Waals surface area contributed by atoms with E-state index in [0.29, 0.717) is 16.6 Å². The molecule has 1 heterocycles. The van der Waals surface area contributed by atoms with Crippen molar-refractivity contribution in [1.82, 2.24) is 10.3 Å². The zero-order valence-corrected chi connectivity index (χ0v) is 17.6. The molecule has 8 heteroatoms. The number of hydrogen-bond acceptors (Lipinski definition) is 6. The van der Waals surface area contributed by atoms with E-state index in [2.05, 4.69) is 15.6 Å². The summed E-state index contributed by atoms with van der Waals surface area (Å²) in [6.45, 7) is 1.66. The number of nitrogens with one attached hydrogen (secondary N) is 2. The first kappa shape index (κ1) is 22.7. The van der Waals surface area contributed by atoms with E-state index in [9.17, 15) is 9.90 Å². The lowest BCUT2D eigenvalue weighted by Crippen LogP contribution is -2.20. The summed E-state index contributed by atoms with van der Waals surface area (Å²) in [5.74, 6) is 0.240. The predicted octanol–water partition coefficient (Wildman–Crippen LogP) is 3.41. The van der Waals surface area contributed by atoms with E-state index >= 15 is 0 Å². The molecule has 0 unspecified atom stereocenters. The highest BCUT2D eigenvalue weighted by molar-refractivity contribution is 7.13. The molecule has 0 saturated heterocycles. The Hall–Kier alpha value is -2.61. The van der Waals surface area contributed by atoms with Crippen molar-refractivity contribution in [3.63, 3.8) is 0 Å². The molecule has 2 aromatic carbocycles. The van der Waals surface area contributed by atoms with Crippen LogP contribution in [-0.4, -0.2) is 29.1 Å². The predicted molar refractivity (Wildman–Crippen MR) is 121 cm³/mol. The number of thiazole rings is 1. The average Bonchev–Trinajstić information content (AvgIpc) is 3.08. The molecule has 0 saturated carbocycles. The second kappa shape index (κ2) is 11.4. The molecule has 29 heavy (non-hydrogen) atoms. The number of hydrogen-bond donors (Lipinski definition) is 4. The minimum atomic E-state index is -0.108. The minimum Gasteiger partial charge on any atom is -0.508 e. The van der Waals surface area contributed by atoms with E-state index in [0.717, 1.165) is 37.2 Å². The molecular weight excluding hydrogens is 408 g/mol. The quantitative estimate of drug-likeness (QED) is 0.388. The lowest BCUT2D eigenvalue weighted by atomic mass is 10.1. The van der Waals surface area contributed by atoms with Gasteiger partial charge in [-0.1, -0.05) is 30.3 Å². The van der Waals surface area contributed by atoms with Crippen molar-refractivity contribution in [2.24, 2.45) is 0 Å². The van der Waals surface area contributed by atoms with Crippen LogP contribution in [0.15, 0.2) is 53.9 Å². The van der Waals surface area contributed by atoms with E-state index in [1.807, 2.05) is 42.5 Å². The van der Waals surface area contributed by atoms with Crippen molar-refractivity contribution < 1.29 is 9.90 Å². The third-order valence-corrected chi connectivity index (χ3v) is 5.02. The maximum absolute atomic E-state index is 12.0. The minimum absolute atomic E-state index is 0. The summed E-state index contributed by atoms with van der Waals surface area (Å²) in [5.41, 5.74) is 9.18. The number of nitrogen functional groups attached to an aromatic ring is 1. The molecule has 0 spiro atoms. The van der Waals surface area contributed by atoms with E-state index in [4.69, 9.17) is 5.73 Å². The number of benzene rings is 2. The molecule has 5 N–H and O–H groups in total. The topological polar surface area (TPSA) is 100 Å². The van der Waals surface area contributed by atoms with Gasteiger partial charge in [0.05, 0.1) is 12.1 Å². The van der Waals surface area contributed by atoms with Gasteiger partial charge in [0.2, 0.25) is 5.91 Å². The van der Waals surface area contributed by atoms with E-state index in [-0.39, 0.29) is 24.7 Å². The number of phenolic OH excluding ortho intramolecular Hbond substituents is 1. The van der Waals surface area contributed by atoms with E-state index in [1.165, 1.54) is 16.9 Å². The SMILES string of the molecule is Cl.Nc1nc(CC(=O)Nc2ccc(CCNCCc3ccccc3O)cc2)cs1. The van der Waals surface area contributed by atoms with Crippen molar-refractivity contribution in [2.75, 3.05) is 24.1 Å².